The highest BCUT2D eigenvalue weighted by Gasteiger charge is 2.02. The Morgan fingerprint density at radius 2 is 2.38 bits per heavy atom. The highest BCUT2D eigenvalue weighted by molar-refractivity contribution is 5.31. The summed E-state index contributed by atoms with van der Waals surface area (Å²) in [5.74, 6) is 0.467. The molecule has 0 aliphatic carbocycles. The van der Waals surface area contributed by atoms with Gasteiger partial charge in [0, 0.05) is 12.6 Å². The van der Waals surface area contributed by atoms with Gasteiger partial charge in [0.15, 0.2) is 0 Å². The second-order valence-corrected chi connectivity index (χ2v) is 3.32. The average Bonchev–Trinajstić information content (AvgIpc) is 2.09. The van der Waals surface area contributed by atoms with Gasteiger partial charge >= 0.3 is 0 Å². The van der Waals surface area contributed by atoms with E-state index in [2.05, 4.69) is 18.9 Å². The van der Waals surface area contributed by atoms with Crippen LogP contribution < -0.4 is 11.3 Å². The number of rotatable bonds is 3. The number of nitrogen functional groups attached to an aromatic ring is 1. The lowest BCUT2D eigenvalue weighted by Crippen LogP contribution is -2.25. The number of aromatic nitrogens is 2. The Kier molecular flexibility index (Phi) is 3.06. The molecule has 4 heteroatoms. The third-order valence-electron chi connectivity index (χ3n) is 2.07. The summed E-state index contributed by atoms with van der Waals surface area (Å²) in [6.07, 6.45) is 2.54. The maximum absolute atomic E-state index is 11.3. The maximum Gasteiger partial charge on any atom is 0.268 e. The van der Waals surface area contributed by atoms with E-state index >= 15 is 0 Å². The Morgan fingerprint density at radius 3 is 2.92 bits per heavy atom. The number of hydrogen-bond acceptors (Lipinski definition) is 3. The van der Waals surface area contributed by atoms with E-state index in [1.165, 1.54) is 16.9 Å². The van der Waals surface area contributed by atoms with E-state index in [-0.39, 0.29) is 5.56 Å². The minimum Gasteiger partial charge on any atom is -0.397 e. The molecule has 0 aliphatic rings. The van der Waals surface area contributed by atoms with Crippen molar-refractivity contribution in [1.29, 1.82) is 0 Å². The standard InChI is InChI=1S/C9H15N3O/c1-3-7(2)6-12-9(13)4-8(10)5-11-12/h4-5,7H,3,6,10H2,1-2H3. The zero-order valence-electron chi connectivity index (χ0n) is 8.03. The van der Waals surface area contributed by atoms with Crippen LogP contribution in [0.5, 0.6) is 0 Å². The first-order valence-corrected chi connectivity index (χ1v) is 4.46. The molecule has 1 atom stereocenters. The molecule has 0 fully saturated rings. The van der Waals surface area contributed by atoms with Crippen molar-refractivity contribution in [2.24, 2.45) is 5.92 Å². The predicted octanol–water partition coefficient (Wildman–Crippen LogP) is 0.872. The summed E-state index contributed by atoms with van der Waals surface area (Å²) in [4.78, 5) is 11.3. The summed E-state index contributed by atoms with van der Waals surface area (Å²) in [7, 11) is 0. The second-order valence-electron chi connectivity index (χ2n) is 3.32. The zero-order chi connectivity index (χ0) is 9.84. The fourth-order valence-electron chi connectivity index (χ4n) is 1.01. The maximum atomic E-state index is 11.3. The summed E-state index contributed by atoms with van der Waals surface area (Å²) >= 11 is 0. The molecule has 1 rings (SSSR count). The molecule has 0 aliphatic heterocycles. The van der Waals surface area contributed by atoms with Crippen LogP contribution in [-0.4, -0.2) is 9.78 Å². The lowest BCUT2D eigenvalue weighted by Gasteiger charge is -2.09. The molecule has 1 heterocycles. The molecule has 13 heavy (non-hydrogen) atoms. The molecule has 0 radical (unpaired) electrons. The van der Waals surface area contributed by atoms with Crippen LogP contribution in [0.3, 0.4) is 0 Å². The molecule has 72 valence electrons. The van der Waals surface area contributed by atoms with Gasteiger partial charge in [-0.3, -0.25) is 4.79 Å². The van der Waals surface area contributed by atoms with E-state index in [9.17, 15) is 4.79 Å². The van der Waals surface area contributed by atoms with Crippen LogP contribution in [-0.2, 0) is 6.54 Å². The van der Waals surface area contributed by atoms with Gasteiger partial charge in [-0.2, -0.15) is 5.10 Å². The molecule has 4 nitrogen and oxygen atoms in total. The van der Waals surface area contributed by atoms with E-state index in [4.69, 9.17) is 5.73 Å². The fourth-order valence-corrected chi connectivity index (χ4v) is 1.01. The molecule has 0 saturated carbocycles. The van der Waals surface area contributed by atoms with Gasteiger partial charge in [0.2, 0.25) is 0 Å². The molecule has 0 bridgehead atoms. The van der Waals surface area contributed by atoms with Crippen LogP contribution in [0.15, 0.2) is 17.1 Å². The summed E-state index contributed by atoms with van der Waals surface area (Å²) in [5, 5.41) is 3.94. The highest BCUT2D eigenvalue weighted by atomic mass is 16.1. The molecular weight excluding hydrogens is 166 g/mol. The van der Waals surface area contributed by atoms with Gasteiger partial charge in [0.1, 0.15) is 0 Å². The molecule has 1 aromatic heterocycles. The van der Waals surface area contributed by atoms with Crippen molar-refractivity contribution in [3.8, 4) is 0 Å². The normalized spacial score (nSPS) is 12.8. The van der Waals surface area contributed by atoms with E-state index in [0.717, 1.165) is 6.42 Å². The van der Waals surface area contributed by atoms with Crippen molar-refractivity contribution in [1.82, 2.24) is 9.78 Å². The largest absolute Gasteiger partial charge is 0.397 e. The summed E-state index contributed by atoms with van der Waals surface area (Å²) in [6.45, 7) is 4.84. The van der Waals surface area contributed by atoms with E-state index in [1.807, 2.05) is 0 Å². The van der Waals surface area contributed by atoms with Crippen molar-refractivity contribution in [3.05, 3.63) is 22.6 Å². The van der Waals surface area contributed by atoms with Gasteiger partial charge in [-0.25, -0.2) is 4.68 Å². The summed E-state index contributed by atoms with van der Waals surface area (Å²) < 4.78 is 1.45. The smallest absolute Gasteiger partial charge is 0.268 e. The van der Waals surface area contributed by atoms with Crippen LogP contribution in [0.25, 0.3) is 0 Å². The van der Waals surface area contributed by atoms with E-state index in [1.54, 1.807) is 0 Å². The van der Waals surface area contributed by atoms with Crippen molar-refractivity contribution in [2.75, 3.05) is 5.73 Å². The quantitative estimate of drug-likeness (QED) is 0.752. The zero-order valence-corrected chi connectivity index (χ0v) is 8.03. The Bertz CT molecular complexity index is 332. The molecule has 0 amide bonds. The number of hydrogen-bond donors (Lipinski definition) is 1. The molecule has 1 unspecified atom stereocenters. The van der Waals surface area contributed by atoms with E-state index in [0.29, 0.717) is 18.2 Å². The SMILES string of the molecule is CCC(C)Cn1ncc(N)cc1=O. The van der Waals surface area contributed by atoms with Crippen LogP contribution in [0, 0.1) is 5.92 Å². The van der Waals surface area contributed by atoms with Gasteiger partial charge in [-0.15, -0.1) is 0 Å². The van der Waals surface area contributed by atoms with Gasteiger partial charge in [-0.05, 0) is 5.92 Å². The van der Waals surface area contributed by atoms with Crippen LogP contribution in [0.1, 0.15) is 20.3 Å². The van der Waals surface area contributed by atoms with Crippen LogP contribution >= 0.6 is 0 Å². The van der Waals surface area contributed by atoms with Crippen molar-refractivity contribution in [2.45, 2.75) is 26.8 Å². The Balaban J connectivity index is 2.84. The number of nitrogens with two attached hydrogens (primary N) is 1. The molecule has 0 saturated heterocycles. The highest BCUT2D eigenvalue weighted by Crippen LogP contribution is 2.02. The van der Waals surface area contributed by atoms with Crippen molar-refractivity contribution in [3.63, 3.8) is 0 Å². The lowest BCUT2D eigenvalue weighted by molar-refractivity contribution is 0.424. The van der Waals surface area contributed by atoms with Crippen molar-refractivity contribution >= 4 is 5.69 Å². The minimum absolute atomic E-state index is 0.125. The van der Waals surface area contributed by atoms with Crippen LogP contribution in [0.4, 0.5) is 5.69 Å². The fraction of sp³-hybridized carbons (Fsp3) is 0.556. The van der Waals surface area contributed by atoms with Gasteiger partial charge in [0.25, 0.3) is 5.56 Å². The second kappa shape index (κ2) is 4.07. The molecular formula is C9H15N3O. The van der Waals surface area contributed by atoms with Crippen LogP contribution in [0.2, 0.25) is 0 Å². The molecule has 0 spiro atoms. The predicted molar refractivity (Wildman–Crippen MR) is 52.4 cm³/mol. The van der Waals surface area contributed by atoms with E-state index < -0.39 is 0 Å². The van der Waals surface area contributed by atoms with Crippen molar-refractivity contribution < 1.29 is 0 Å². The third kappa shape index (κ3) is 2.57. The Morgan fingerprint density at radius 1 is 1.69 bits per heavy atom. The third-order valence-corrected chi connectivity index (χ3v) is 2.07. The minimum atomic E-state index is -0.125. The van der Waals surface area contributed by atoms with Gasteiger partial charge in [-0.1, -0.05) is 20.3 Å². The first kappa shape index (κ1) is 9.77. The van der Waals surface area contributed by atoms with Gasteiger partial charge < -0.3 is 5.73 Å². The molecule has 1 aromatic rings. The lowest BCUT2D eigenvalue weighted by atomic mass is 10.1. The number of anilines is 1. The monoisotopic (exact) mass is 181 g/mol. The average molecular weight is 181 g/mol. The Hall–Kier alpha value is -1.32. The summed E-state index contributed by atoms with van der Waals surface area (Å²) in [6, 6.07) is 1.40. The first-order chi connectivity index (χ1) is 6.13. The topological polar surface area (TPSA) is 60.9 Å². The van der Waals surface area contributed by atoms with Gasteiger partial charge in [0.05, 0.1) is 11.9 Å². The Labute approximate surface area is 77.4 Å². The summed E-state index contributed by atoms with van der Waals surface area (Å²) in [5.41, 5.74) is 5.71. The molecule has 2 N–H and O–H groups in total. The number of nitrogens with zero attached hydrogens (tertiary/aromatic N) is 2. The molecule has 0 aromatic carbocycles. The first-order valence-electron chi connectivity index (χ1n) is 4.46.